The molecule has 1 heterocycles. The Labute approximate surface area is 88.4 Å². The standard InChI is InChI=1S/C10H11N5/c11-4-2-1-3-5-14-10-9(8-12)13-6-7-15-10/h6-7H,1-3,5H2,(H,14,15). The highest BCUT2D eigenvalue weighted by Gasteiger charge is 2.01. The van der Waals surface area contributed by atoms with E-state index >= 15 is 0 Å². The highest BCUT2D eigenvalue weighted by molar-refractivity contribution is 5.46. The Morgan fingerprint density at radius 2 is 2.00 bits per heavy atom. The largest absolute Gasteiger partial charge is 0.368 e. The van der Waals surface area contributed by atoms with Gasteiger partial charge in [-0.25, -0.2) is 9.97 Å². The Balaban J connectivity index is 2.38. The van der Waals surface area contributed by atoms with Crippen LogP contribution in [0, 0.1) is 22.7 Å². The summed E-state index contributed by atoms with van der Waals surface area (Å²) in [5, 5.41) is 20.1. The number of nitrogens with zero attached hydrogens (tertiary/aromatic N) is 4. The molecule has 0 saturated carbocycles. The monoisotopic (exact) mass is 201 g/mol. The molecule has 0 unspecified atom stereocenters. The molecule has 5 heteroatoms. The van der Waals surface area contributed by atoms with E-state index in [-0.39, 0.29) is 0 Å². The number of rotatable bonds is 5. The van der Waals surface area contributed by atoms with E-state index in [1.807, 2.05) is 6.07 Å². The molecule has 0 radical (unpaired) electrons. The summed E-state index contributed by atoms with van der Waals surface area (Å²) in [5.41, 5.74) is 0.304. The van der Waals surface area contributed by atoms with Gasteiger partial charge in [-0.3, -0.25) is 0 Å². The molecule has 1 rings (SSSR count). The van der Waals surface area contributed by atoms with Crippen molar-refractivity contribution in [1.29, 1.82) is 10.5 Å². The first kappa shape index (κ1) is 10.9. The van der Waals surface area contributed by atoms with Crippen molar-refractivity contribution in [3.8, 4) is 12.1 Å². The second kappa shape index (κ2) is 6.33. The van der Waals surface area contributed by atoms with Gasteiger partial charge in [0.2, 0.25) is 0 Å². The van der Waals surface area contributed by atoms with Crippen LogP contribution in [0.4, 0.5) is 5.82 Å². The molecule has 15 heavy (non-hydrogen) atoms. The van der Waals surface area contributed by atoms with Gasteiger partial charge >= 0.3 is 0 Å². The predicted octanol–water partition coefficient (Wildman–Crippen LogP) is 1.45. The third-order valence-electron chi connectivity index (χ3n) is 1.81. The smallest absolute Gasteiger partial charge is 0.182 e. The highest BCUT2D eigenvalue weighted by atomic mass is 15.0. The first-order valence-corrected chi connectivity index (χ1v) is 4.70. The fourth-order valence-corrected chi connectivity index (χ4v) is 1.09. The molecule has 0 amide bonds. The van der Waals surface area contributed by atoms with Gasteiger partial charge in [-0.05, 0) is 12.8 Å². The maximum absolute atomic E-state index is 8.72. The van der Waals surface area contributed by atoms with Crippen molar-refractivity contribution in [1.82, 2.24) is 9.97 Å². The second-order valence-electron chi connectivity index (χ2n) is 2.91. The van der Waals surface area contributed by atoms with Crippen molar-refractivity contribution >= 4 is 5.82 Å². The van der Waals surface area contributed by atoms with Gasteiger partial charge in [0, 0.05) is 25.4 Å². The van der Waals surface area contributed by atoms with E-state index in [0.717, 1.165) is 12.8 Å². The summed E-state index contributed by atoms with van der Waals surface area (Å²) in [5.74, 6) is 0.511. The van der Waals surface area contributed by atoms with E-state index in [9.17, 15) is 0 Å². The number of aromatic nitrogens is 2. The molecule has 0 aliphatic rings. The second-order valence-corrected chi connectivity index (χ2v) is 2.91. The third-order valence-corrected chi connectivity index (χ3v) is 1.81. The Morgan fingerprint density at radius 1 is 1.20 bits per heavy atom. The number of nitriles is 2. The van der Waals surface area contributed by atoms with Crippen LogP contribution in [0.1, 0.15) is 25.0 Å². The Morgan fingerprint density at radius 3 is 2.73 bits per heavy atom. The topological polar surface area (TPSA) is 85.4 Å². The van der Waals surface area contributed by atoms with E-state index < -0.39 is 0 Å². The summed E-state index contributed by atoms with van der Waals surface area (Å²) in [6.45, 7) is 0.703. The van der Waals surface area contributed by atoms with Crippen LogP contribution in [-0.4, -0.2) is 16.5 Å². The van der Waals surface area contributed by atoms with Crippen molar-refractivity contribution in [2.75, 3.05) is 11.9 Å². The summed E-state index contributed by atoms with van der Waals surface area (Å²) < 4.78 is 0. The van der Waals surface area contributed by atoms with Crippen molar-refractivity contribution in [2.45, 2.75) is 19.3 Å². The zero-order valence-electron chi connectivity index (χ0n) is 8.27. The van der Waals surface area contributed by atoms with Crippen LogP contribution < -0.4 is 5.32 Å². The van der Waals surface area contributed by atoms with E-state index in [0.29, 0.717) is 24.5 Å². The molecule has 0 bridgehead atoms. The molecule has 5 nitrogen and oxygen atoms in total. The molecule has 1 aromatic rings. The van der Waals surface area contributed by atoms with Gasteiger partial charge < -0.3 is 5.32 Å². The molecule has 76 valence electrons. The first-order valence-electron chi connectivity index (χ1n) is 4.70. The lowest BCUT2D eigenvalue weighted by molar-refractivity contribution is 0.781. The molecule has 0 aliphatic heterocycles. The van der Waals surface area contributed by atoms with Crippen LogP contribution >= 0.6 is 0 Å². The minimum atomic E-state index is 0.304. The Bertz CT molecular complexity index is 388. The Kier molecular flexibility index (Phi) is 4.62. The molecule has 0 spiro atoms. The number of hydrogen-bond acceptors (Lipinski definition) is 5. The van der Waals surface area contributed by atoms with Gasteiger partial charge in [-0.1, -0.05) is 0 Å². The van der Waals surface area contributed by atoms with Gasteiger partial charge in [0.15, 0.2) is 11.5 Å². The SMILES string of the molecule is N#CCCCCNc1nccnc1C#N. The maximum Gasteiger partial charge on any atom is 0.182 e. The lowest BCUT2D eigenvalue weighted by atomic mass is 10.2. The van der Waals surface area contributed by atoms with Crippen LogP contribution in [0.25, 0.3) is 0 Å². The quantitative estimate of drug-likeness (QED) is 0.729. The summed E-state index contributed by atoms with van der Waals surface area (Å²) in [6.07, 6.45) is 5.33. The van der Waals surface area contributed by atoms with E-state index in [1.54, 1.807) is 6.20 Å². The highest BCUT2D eigenvalue weighted by Crippen LogP contribution is 2.06. The number of anilines is 1. The zero-order chi connectivity index (χ0) is 10.9. The van der Waals surface area contributed by atoms with Crippen LogP contribution in [-0.2, 0) is 0 Å². The molecule has 0 fully saturated rings. The zero-order valence-corrected chi connectivity index (χ0v) is 8.27. The minimum absolute atomic E-state index is 0.304. The molecule has 1 N–H and O–H groups in total. The maximum atomic E-state index is 8.72. The van der Waals surface area contributed by atoms with Crippen LogP contribution in [0.3, 0.4) is 0 Å². The van der Waals surface area contributed by atoms with Crippen LogP contribution in [0.15, 0.2) is 12.4 Å². The van der Waals surface area contributed by atoms with Gasteiger partial charge in [-0.15, -0.1) is 0 Å². The van der Waals surface area contributed by atoms with Gasteiger partial charge in [-0.2, -0.15) is 10.5 Å². The molecular formula is C10H11N5. The van der Waals surface area contributed by atoms with Crippen molar-refractivity contribution < 1.29 is 0 Å². The molecule has 0 atom stereocenters. The summed E-state index contributed by atoms with van der Waals surface area (Å²) >= 11 is 0. The fraction of sp³-hybridized carbons (Fsp3) is 0.400. The molecule has 0 aromatic carbocycles. The number of unbranched alkanes of at least 4 members (excludes halogenated alkanes) is 2. The molecule has 1 aromatic heterocycles. The van der Waals surface area contributed by atoms with Crippen LogP contribution in [0.2, 0.25) is 0 Å². The average Bonchev–Trinajstić information content (AvgIpc) is 2.29. The van der Waals surface area contributed by atoms with Gasteiger partial charge in [0.25, 0.3) is 0 Å². The van der Waals surface area contributed by atoms with E-state index in [2.05, 4.69) is 21.4 Å². The normalized spacial score (nSPS) is 8.93. The fourth-order valence-electron chi connectivity index (χ4n) is 1.09. The summed E-state index contributed by atoms with van der Waals surface area (Å²) in [7, 11) is 0. The molecule has 0 saturated heterocycles. The van der Waals surface area contributed by atoms with Crippen molar-refractivity contribution in [3.05, 3.63) is 18.1 Å². The van der Waals surface area contributed by atoms with E-state index in [1.165, 1.54) is 6.20 Å². The third kappa shape index (κ3) is 3.61. The first-order chi connectivity index (χ1) is 7.38. The Hall–Kier alpha value is -2.14. The van der Waals surface area contributed by atoms with Crippen molar-refractivity contribution in [3.63, 3.8) is 0 Å². The van der Waals surface area contributed by atoms with Gasteiger partial charge in [0.05, 0.1) is 6.07 Å². The van der Waals surface area contributed by atoms with Crippen LogP contribution in [0.5, 0.6) is 0 Å². The van der Waals surface area contributed by atoms with Gasteiger partial charge in [0.1, 0.15) is 6.07 Å². The lowest BCUT2D eigenvalue weighted by Gasteiger charge is -2.04. The summed E-state index contributed by atoms with van der Waals surface area (Å²) in [6, 6.07) is 4.04. The molecule has 0 aliphatic carbocycles. The minimum Gasteiger partial charge on any atom is -0.368 e. The predicted molar refractivity (Wildman–Crippen MR) is 54.7 cm³/mol. The summed E-state index contributed by atoms with van der Waals surface area (Å²) in [4.78, 5) is 7.88. The van der Waals surface area contributed by atoms with Crippen molar-refractivity contribution in [2.24, 2.45) is 0 Å². The lowest BCUT2D eigenvalue weighted by Crippen LogP contribution is -2.05. The number of hydrogen-bond donors (Lipinski definition) is 1. The number of nitrogens with one attached hydrogen (secondary N) is 1. The van der Waals surface area contributed by atoms with E-state index in [4.69, 9.17) is 10.5 Å². The average molecular weight is 201 g/mol. The molecular weight excluding hydrogens is 190 g/mol.